The summed E-state index contributed by atoms with van der Waals surface area (Å²) >= 11 is 0. The number of carbonyl (C=O) groups excluding carboxylic acids is 2. The minimum atomic E-state index is -0.563. The molecule has 7 heteroatoms. The van der Waals surface area contributed by atoms with Crippen LogP contribution in [0.4, 0.5) is 0 Å². The van der Waals surface area contributed by atoms with Crippen molar-refractivity contribution in [3.05, 3.63) is 29.3 Å². The zero-order chi connectivity index (χ0) is 20.3. The van der Waals surface area contributed by atoms with E-state index >= 15 is 0 Å². The monoisotopic (exact) mass is 389 g/mol. The average molecular weight is 389 g/mol. The van der Waals surface area contributed by atoms with Crippen LogP contribution in [0.15, 0.2) is 18.2 Å². The normalized spacial score (nSPS) is 23.6. The average Bonchev–Trinajstić information content (AvgIpc) is 3.18. The molecule has 154 valence electrons. The molecule has 0 radical (unpaired) electrons. The predicted octanol–water partition coefficient (Wildman–Crippen LogP) is 1.25. The summed E-state index contributed by atoms with van der Waals surface area (Å²) in [6.07, 6.45) is 0.592. The van der Waals surface area contributed by atoms with Crippen molar-refractivity contribution in [2.24, 2.45) is 5.73 Å². The highest BCUT2D eigenvalue weighted by Crippen LogP contribution is 2.22. The topological polar surface area (TPSA) is 85.1 Å². The van der Waals surface area contributed by atoms with Gasteiger partial charge in [0.25, 0.3) is 11.8 Å². The van der Waals surface area contributed by atoms with Crippen molar-refractivity contribution in [2.45, 2.75) is 51.9 Å². The second-order valence-corrected chi connectivity index (χ2v) is 7.74. The Bertz CT molecular complexity index is 716. The van der Waals surface area contributed by atoms with E-state index in [0.29, 0.717) is 32.7 Å². The van der Waals surface area contributed by atoms with Gasteiger partial charge in [-0.2, -0.15) is 0 Å². The molecule has 3 atom stereocenters. The maximum absolute atomic E-state index is 12.8. The molecule has 2 aliphatic rings. The van der Waals surface area contributed by atoms with Crippen LogP contribution in [-0.2, 0) is 14.3 Å². The van der Waals surface area contributed by atoms with Gasteiger partial charge in [-0.3, -0.25) is 9.59 Å². The molecule has 0 aromatic heterocycles. The molecule has 2 N–H and O–H groups in total. The molecule has 1 aromatic carbocycles. The molecule has 2 aliphatic heterocycles. The lowest BCUT2D eigenvalue weighted by Gasteiger charge is -2.36. The highest BCUT2D eigenvalue weighted by molar-refractivity contribution is 5.83. The Morgan fingerprint density at radius 2 is 1.86 bits per heavy atom. The van der Waals surface area contributed by atoms with Gasteiger partial charge in [-0.25, -0.2) is 0 Å². The van der Waals surface area contributed by atoms with Crippen molar-refractivity contribution >= 4 is 11.8 Å². The van der Waals surface area contributed by atoms with E-state index in [0.717, 1.165) is 29.7 Å². The fraction of sp³-hybridized carbons (Fsp3) is 0.619. The Labute approximate surface area is 166 Å². The fourth-order valence-electron chi connectivity index (χ4n) is 3.84. The molecule has 2 fully saturated rings. The molecule has 0 spiro atoms. The van der Waals surface area contributed by atoms with Gasteiger partial charge < -0.3 is 25.0 Å². The predicted molar refractivity (Wildman–Crippen MR) is 106 cm³/mol. The Balaban J connectivity index is 1.50. The van der Waals surface area contributed by atoms with Gasteiger partial charge in [0.05, 0.1) is 6.10 Å². The summed E-state index contributed by atoms with van der Waals surface area (Å²) in [5.74, 6) is 0.697. The quantitative estimate of drug-likeness (QED) is 0.819. The Kier molecular flexibility index (Phi) is 6.57. The molecule has 2 heterocycles. The summed E-state index contributed by atoms with van der Waals surface area (Å²) in [5, 5.41) is 0. The standard InChI is InChI=1S/C21H31N3O4/c1-14-4-6-18(15(2)12-14)27-16(3)20(25)23-8-10-24(11-9-23)21(26)19-7-5-17(13-22)28-19/h4,6,12,16-17,19H,5,7-11,13,22H2,1-3H3/t16?,17-,19+/m1/s1. The van der Waals surface area contributed by atoms with E-state index in [2.05, 4.69) is 0 Å². The van der Waals surface area contributed by atoms with Crippen molar-refractivity contribution in [1.29, 1.82) is 0 Å². The molecule has 0 saturated carbocycles. The van der Waals surface area contributed by atoms with E-state index in [-0.39, 0.29) is 24.0 Å². The van der Waals surface area contributed by atoms with Crippen LogP contribution >= 0.6 is 0 Å². The van der Waals surface area contributed by atoms with Crippen LogP contribution in [0.1, 0.15) is 30.9 Å². The van der Waals surface area contributed by atoms with Gasteiger partial charge in [0.1, 0.15) is 11.9 Å². The largest absolute Gasteiger partial charge is 0.481 e. The number of rotatable bonds is 5. The zero-order valence-electron chi connectivity index (χ0n) is 17.0. The molecular formula is C21H31N3O4. The van der Waals surface area contributed by atoms with Gasteiger partial charge in [-0.1, -0.05) is 17.7 Å². The Morgan fingerprint density at radius 3 is 2.46 bits per heavy atom. The van der Waals surface area contributed by atoms with Crippen molar-refractivity contribution in [1.82, 2.24) is 9.80 Å². The number of aryl methyl sites for hydroxylation is 2. The maximum Gasteiger partial charge on any atom is 0.263 e. The number of hydrogen-bond donors (Lipinski definition) is 1. The fourth-order valence-corrected chi connectivity index (χ4v) is 3.84. The number of amides is 2. The van der Waals surface area contributed by atoms with Gasteiger partial charge >= 0.3 is 0 Å². The van der Waals surface area contributed by atoms with Gasteiger partial charge in [-0.15, -0.1) is 0 Å². The van der Waals surface area contributed by atoms with Crippen molar-refractivity contribution in [3.8, 4) is 5.75 Å². The summed E-state index contributed by atoms with van der Waals surface area (Å²) in [6, 6.07) is 5.92. The van der Waals surface area contributed by atoms with E-state index in [1.165, 1.54) is 0 Å². The van der Waals surface area contributed by atoms with Crippen molar-refractivity contribution in [3.63, 3.8) is 0 Å². The summed E-state index contributed by atoms with van der Waals surface area (Å²) in [7, 11) is 0. The Morgan fingerprint density at radius 1 is 1.18 bits per heavy atom. The van der Waals surface area contributed by atoms with E-state index < -0.39 is 6.10 Å². The molecule has 0 bridgehead atoms. The molecule has 0 aliphatic carbocycles. The summed E-state index contributed by atoms with van der Waals surface area (Å²) in [6.45, 7) is 8.30. The number of hydrogen-bond acceptors (Lipinski definition) is 5. The van der Waals surface area contributed by atoms with Crippen LogP contribution in [0, 0.1) is 13.8 Å². The third kappa shape index (κ3) is 4.64. The maximum atomic E-state index is 12.8. The smallest absolute Gasteiger partial charge is 0.263 e. The van der Waals surface area contributed by atoms with E-state index in [4.69, 9.17) is 15.2 Å². The van der Waals surface area contributed by atoms with E-state index in [1.807, 2.05) is 32.0 Å². The molecule has 2 amide bonds. The van der Waals surface area contributed by atoms with Crippen molar-refractivity contribution in [2.75, 3.05) is 32.7 Å². The lowest BCUT2D eigenvalue weighted by molar-refractivity contribution is -0.149. The molecule has 3 rings (SSSR count). The van der Waals surface area contributed by atoms with E-state index in [1.54, 1.807) is 16.7 Å². The van der Waals surface area contributed by atoms with Gasteiger partial charge in [0, 0.05) is 32.7 Å². The van der Waals surface area contributed by atoms with Crippen LogP contribution in [0.25, 0.3) is 0 Å². The lowest BCUT2D eigenvalue weighted by Crippen LogP contribution is -2.55. The number of nitrogens with zero attached hydrogens (tertiary/aromatic N) is 2. The second-order valence-electron chi connectivity index (χ2n) is 7.74. The van der Waals surface area contributed by atoms with E-state index in [9.17, 15) is 9.59 Å². The summed E-state index contributed by atoms with van der Waals surface area (Å²) < 4.78 is 11.6. The van der Waals surface area contributed by atoms with Gasteiger partial charge in [0.15, 0.2) is 6.10 Å². The van der Waals surface area contributed by atoms with Crippen LogP contribution in [0.3, 0.4) is 0 Å². The zero-order valence-corrected chi connectivity index (χ0v) is 17.0. The lowest BCUT2D eigenvalue weighted by atomic mass is 10.1. The number of ether oxygens (including phenoxy) is 2. The van der Waals surface area contributed by atoms with Crippen LogP contribution in [0.2, 0.25) is 0 Å². The molecule has 2 saturated heterocycles. The molecule has 7 nitrogen and oxygen atoms in total. The number of nitrogens with two attached hydrogens (primary N) is 1. The number of piperazine rings is 1. The second kappa shape index (κ2) is 8.92. The molecule has 1 aromatic rings. The van der Waals surface area contributed by atoms with Crippen molar-refractivity contribution < 1.29 is 19.1 Å². The SMILES string of the molecule is Cc1ccc(OC(C)C(=O)N2CCN(C(=O)[C@@H]3CC[C@H](CN)O3)CC2)c(C)c1. The Hall–Kier alpha value is -2.12. The first-order valence-electron chi connectivity index (χ1n) is 10.1. The molecule has 1 unspecified atom stereocenters. The first-order valence-corrected chi connectivity index (χ1v) is 10.1. The number of carbonyl (C=O) groups is 2. The summed E-state index contributed by atoms with van der Waals surface area (Å²) in [5.41, 5.74) is 7.80. The third-order valence-corrected chi connectivity index (χ3v) is 5.53. The first-order chi connectivity index (χ1) is 13.4. The minimum Gasteiger partial charge on any atom is -0.481 e. The highest BCUT2D eigenvalue weighted by atomic mass is 16.5. The first kappa shape index (κ1) is 20.6. The summed E-state index contributed by atoms with van der Waals surface area (Å²) in [4.78, 5) is 28.9. The van der Waals surface area contributed by atoms with Gasteiger partial charge in [0.2, 0.25) is 0 Å². The molecular weight excluding hydrogens is 358 g/mol. The third-order valence-electron chi connectivity index (χ3n) is 5.53. The van der Waals surface area contributed by atoms with Crippen LogP contribution in [-0.4, -0.2) is 72.6 Å². The van der Waals surface area contributed by atoms with Gasteiger partial charge in [-0.05, 0) is 45.2 Å². The number of benzene rings is 1. The van der Waals surface area contributed by atoms with Crippen LogP contribution in [0.5, 0.6) is 5.75 Å². The van der Waals surface area contributed by atoms with Crippen LogP contribution < -0.4 is 10.5 Å². The molecule has 28 heavy (non-hydrogen) atoms. The highest BCUT2D eigenvalue weighted by Gasteiger charge is 2.35. The minimum absolute atomic E-state index is 0.0138.